The smallest absolute Gasteiger partial charge is 0.238 e. The molecule has 0 aromatic rings. The van der Waals surface area contributed by atoms with Crippen LogP contribution in [0.4, 0.5) is 0 Å². The zero-order chi connectivity index (χ0) is 11.8. The Morgan fingerprint density at radius 3 is 2.67 bits per heavy atom. The second-order valence-corrected chi connectivity index (χ2v) is 3.73. The second-order valence-electron chi connectivity index (χ2n) is 3.73. The molecule has 0 aliphatic carbocycles. The Balaban J connectivity index is 4.47. The lowest BCUT2D eigenvalue weighted by Gasteiger charge is -2.28. The van der Waals surface area contributed by atoms with Gasteiger partial charge in [-0.2, -0.15) is 0 Å². The van der Waals surface area contributed by atoms with E-state index >= 15 is 0 Å². The van der Waals surface area contributed by atoms with Gasteiger partial charge in [-0.05, 0) is 19.4 Å². The lowest BCUT2D eigenvalue weighted by Crippen LogP contribution is -2.48. The molecular formula is C11H22N2O2. The third-order valence-corrected chi connectivity index (χ3v) is 2.39. The van der Waals surface area contributed by atoms with Crippen LogP contribution in [-0.2, 0) is 4.79 Å². The van der Waals surface area contributed by atoms with E-state index in [0.717, 1.165) is 6.42 Å². The highest BCUT2D eigenvalue weighted by Gasteiger charge is 2.26. The molecule has 1 amide bonds. The van der Waals surface area contributed by atoms with Crippen molar-refractivity contribution in [2.24, 2.45) is 5.92 Å². The molecule has 0 fully saturated rings. The van der Waals surface area contributed by atoms with Crippen molar-refractivity contribution in [1.29, 1.82) is 0 Å². The molecule has 15 heavy (non-hydrogen) atoms. The Hall–Kier alpha value is -0.870. The SMILES string of the molecule is C=CC(C)C(C(=O)NCCC)N(C)CO. The molecule has 0 rings (SSSR count). The fourth-order valence-corrected chi connectivity index (χ4v) is 1.41. The fourth-order valence-electron chi connectivity index (χ4n) is 1.41. The lowest BCUT2D eigenvalue weighted by molar-refractivity contribution is -0.128. The summed E-state index contributed by atoms with van der Waals surface area (Å²) in [6.07, 6.45) is 2.63. The number of hydrogen-bond donors (Lipinski definition) is 2. The normalized spacial score (nSPS) is 14.7. The maximum absolute atomic E-state index is 11.8. The van der Waals surface area contributed by atoms with Crippen LogP contribution in [0.15, 0.2) is 12.7 Å². The van der Waals surface area contributed by atoms with Crippen molar-refractivity contribution >= 4 is 5.91 Å². The maximum Gasteiger partial charge on any atom is 0.238 e. The van der Waals surface area contributed by atoms with E-state index in [0.29, 0.717) is 6.54 Å². The van der Waals surface area contributed by atoms with Crippen molar-refractivity contribution in [1.82, 2.24) is 10.2 Å². The topological polar surface area (TPSA) is 52.6 Å². The molecule has 4 heteroatoms. The fraction of sp³-hybridized carbons (Fsp3) is 0.727. The molecular weight excluding hydrogens is 192 g/mol. The first-order chi connectivity index (χ1) is 7.08. The van der Waals surface area contributed by atoms with Gasteiger partial charge in [0.25, 0.3) is 0 Å². The van der Waals surface area contributed by atoms with E-state index in [1.165, 1.54) is 0 Å². The predicted molar refractivity (Wildman–Crippen MR) is 61.3 cm³/mol. The van der Waals surface area contributed by atoms with E-state index in [1.807, 2.05) is 13.8 Å². The van der Waals surface area contributed by atoms with Crippen molar-refractivity contribution < 1.29 is 9.90 Å². The summed E-state index contributed by atoms with van der Waals surface area (Å²) in [4.78, 5) is 13.4. The van der Waals surface area contributed by atoms with Gasteiger partial charge in [0.1, 0.15) is 0 Å². The zero-order valence-electron chi connectivity index (χ0n) is 9.86. The number of likely N-dealkylation sites (N-methyl/N-ethyl adjacent to an activating group) is 1. The molecule has 4 nitrogen and oxygen atoms in total. The molecule has 0 saturated carbocycles. The molecule has 0 spiro atoms. The number of hydrogen-bond acceptors (Lipinski definition) is 3. The van der Waals surface area contributed by atoms with Crippen LogP contribution in [0, 0.1) is 5.92 Å². The Morgan fingerprint density at radius 2 is 2.27 bits per heavy atom. The lowest BCUT2D eigenvalue weighted by atomic mass is 10.0. The second kappa shape index (κ2) is 7.43. The van der Waals surface area contributed by atoms with E-state index in [4.69, 9.17) is 5.11 Å². The highest BCUT2D eigenvalue weighted by molar-refractivity contribution is 5.82. The quantitative estimate of drug-likeness (QED) is 0.481. The Kier molecular flexibility index (Phi) is 6.99. The summed E-state index contributed by atoms with van der Waals surface area (Å²) in [6, 6.07) is -0.348. The number of amides is 1. The summed E-state index contributed by atoms with van der Waals surface area (Å²) in [7, 11) is 1.72. The van der Waals surface area contributed by atoms with Crippen molar-refractivity contribution in [2.45, 2.75) is 26.3 Å². The first-order valence-electron chi connectivity index (χ1n) is 5.29. The molecule has 2 N–H and O–H groups in total. The monoisotopic (exact) mass is 214 g/mol. The number of nitrogens with one attached hydrogen (secondary N) is 1. The van der Waals surface area contributed by atoms with Gasteiger partial charge in [0, 0.05) is 6.54 Å². The van der Waals surface area contributed by atoms with Gasteiger partial charge in [-0.15, -0.1) is 6.58 Å². The Labute approximate surface area is 92.0 Å². The average Bonchev–Trinajstić information content (AvgIpc) is 2.25. The largest absolute Gasteiger partial charge is 0.381 e. The van der Waals surface area contributed by atoms with Crippen LogP contribution in [0.5, 0.6) is 0 Å². The highest BCUT2D eigenvalue weighted by atomic mass is 16.3. The number of carbonyl (C=O) groups excluding carboxylic acids is 1. The number of aliphatic hydroxyl groups excluding tert-OH is 1. The van der Waals surface area contributed by atoms with Gasteiger partial charge >= 0.3 is 0 Å². The van der Waals surface area contributed by atoms with Gasteiger partial charge in [-0.1, -0.05) is 19.9 Å². The molecule has 0 aromatic heterocycles. The first kappa shape index (κ1) is 14.1. The molecule has 0 bridgehead atoms. The van der Waals surface area contributed by atoms with Crippen molar-refractivity contribution in [3.05, 3.63) is 12.7 Å². The van der Waals surface area contributed by atoms with Crippen LogP contribution in [0.3, 0.4) is 0 Å². The maximum atomic E-state index is 11.8. The van der Waals surface area contributed by atoms with E-state index in [-0.39, 0.29) is 24.6 Å². The van der Waals surface area contributed by atoms with E-state index in [9.17, 15) is 4.79 Å². The number of carbonyl (C=O) groups is 1. The molecule has 0 aliphatic rings. The molecule has 0 aliphatic heterocycles. The van der Waals surface area contributed by atoms with Gasteiger partial charge in [0.2, 0.25) is 5.91 Å². The number of nitrogens with zero attached hydrogens (tertiary/aromatic N) is 1. The standard InChI is InChI=1S/C11H22N2O2/c1-5-7-12-11(15)10(9(3)6-2)13(4)8-14/h6,9-10,14H,2,5,7-8H2,1,3-4H3,(H,12,15). The van der Waals surface area contributed by atoms with Crippen LogP contribution in [0.2, 0.25) is 0 Å². The molecule has 0 radical (unpaired) electrons. The van der Waals surface area contributed by atoms with Crippen LogP contribution < -0.4 is 5.32 Å². The third kappa shape index (κ3) is 4.44. The molecule has 0 heterocycles. The van der Waals surface area contributed by atoms with Gasteiger partial charge in [0.05, 0.1) is 12.8 Å². The summed E-state index contributed by atoms with van der Waals surface area (Å²) >= 11 is 0. The predicted octanol–water partition coefficient (Wildman–Crippen LogP) is 0.585. The summed E-state index contributed by atoms with van der Waals surface area (Å²) in [5.41, 5.74) is 0. The van der Waals surface area contributed by atoms with Gasteiger partial charge in [-0.25, -0.2) is 0 Å². The minimum atomic E-state index is -0.348. The molecule has 0 aromatic carbocycles. The van der Waals surface area contributed by atoms with E-state index < -0.39 is 0 Å². The van der Waals surface area contributed by atoms with Gasteiger partial charge in [0.15, 0.2) is 0 Å². The third-order valence-electron chi connectivity index (χ3n) is 2.39. The summed E-state index contributed by atoms with van der Waals surface area (Å²) < 4.78 is 0. The van der Waals surface area contributed by atoms with Crippen molar-refractivity contribution in [2.75, 3.05) is 20.3 Å². The summed E-state index contributed by atoms with van der Waals surface area (Å²) in [5.74, 6) is -0.0418. The Morgan fingerprint density at radius 1 is 1.67 bits per heavy atom. The summed E-state index contributed by atoms with van der Waals surface area (Å²) in [5, 5.41) is 11.9. The molecule has 2 unspecified atom stereocenters. The van der Waals surface area contributed by atoms with Gasteiger partial charge in [-0.3, -0.25) is 9.69 Å². The molecule has 0 saturated heterocycles. The molecule has 88 valence electrons. The Bertz CT molecular complexity index is 207. The van der Waals surface area contributed by atoms with Crippen LogP contribution >= 0.6 is 0 Å². The molecule has 2 atom stereocenters. The highest BCUT2D eigenvalue weighted by Crippen LogP contribution is 2.10. The zero-order valence-corrected chi connectivity index (χ0v) is 9.86. The van der Waals surface area contributed by atoms with Crippen molar-refractivity contribution in [3.63, 3.8) is 0 Å². The summed E-state index contributed by atoms with van der Waals surface area (Å²) in [6.45, 7) is 8.12. The first-order valence-corrected chi connectivity index (χ1v) is 5.29. The minimum Gasteiger partial charge on any atom is -0.381 e. The number of rotatable bonds is 7. The van der Waals surface area contributed by atoms with E-state index in [1.54, 1.807) is 18.0 Å². The van der Waals surface area contributed by atoms with Crippen LogP contribution in [0.25, 0.3) is 0 Å². The number of aliphatic hydroxyl groups is 1. The van der Waals surface area contributed by atoms with Crippen LogP contribution in [-0.4, -0.2) is 42.3 Å². The average molecular weight is 214 g/mol. The van der Waals surface area contributed by atoms with Crippen LogP contribution in [0.1, 0.15) is 20.3 Å². The van der Waals surface area contributed by atoms with E-state index in [2.05, 4.69) is 11.9 Å². The van der Waals surface area contributed by atoms with Crippen molar-refractivity contribution in [3.8, 4) is 0 Å². The van der Waals surface area contributed by atoms with Gasteiger partial charge < -0.3 is 10.4 Å². The minimum absolute atomic E-state index is 0.0130.